The summed E-state index contributed by atoms with van der Waals surface area (Å²) in [5.74, 6) is 0. The molecule has 2 heteroatoms. The minimum absolute atomic E-state index is 0.0127. The molecule has 0 radical (unpaired) electrons. The summed E-state index contributed by atoms with van der Waals surface area (Å²) in [5, 5.41) is 8.36. The van der Waals surface area contributed by atoms with Gasteiger partial charge in [-0.15, -0.1) is 0 Å². The van der Waals surface area contributed by atoms with E-state index in [4.69, 9.17) is 0 Å². The van der Waals surface area contributed by atoms with Crippen molar-refractivity contribution in [2.75, 3.05) is 0 Å². The molecule has 0 fully saturated rings. The van der Waals surface area contributed by atoms with Gasteiger partial charge in [0.2, 0.25) is 0 Å². The minimum Gasteiger partial charge on any atom is -0.178 e. The molecule has 1 atom stereocenters. The summed E-state index contributed by atoms with van der Waals surface area (Å²) >= 11 is 0. The Kier molecular flexibility index (Phi) is 2.12. The number of allylic oxidation sites excluding steroid dienone is 1. The van der Waals surface area contributed by atoms with E-state index >= 15 is 0 Å². The van der Waals surface area contributed by atoms with Crippen LogP contribution < -0.4 is 0 Å². The lowest BCUT2D eigenvalue weighted by Crippen LogP contribution is -2.20. The highest BCUT2D eigenvalue weighted by molar-refractivity contribution is 5.25. The molecule has 0 spiro atoms. The average Bonchev–Trinajstić information content (AvgIpc) is 2.19. The van der Waals surface area contributed by atoms with E-state index in [9.17, 15) is 0 Å². The van der Waals surface area contributed by atoms with E-state index < -0.39 is 0 Å². The van der Waals surface area contributed by atoms with Gasteiger partial charge in [0.1, 0.15) is 5.54 Å². The second-order valence-corrected chi connectivity index (χ2v) is 3.43. The maximum atomic E-state index is 4.27. The number of rotatable bonds is 2. The van der Waals surface area contributed by atoms with Crippen LogP contribution in [-0.4, -0.2) is 5.54 Å². The molecule has 1 heterocycles. The second-order valence-electron chi connectivity index (χ2n) is 3.43. The Morgan fingerprint density at radius 1 is 1.36 bits per heavy atom. The molecule has 1 rings (SSSR count). The standard InChI is InChI=1S/C9H16N2/c1-5-6-9(4)7(2)8(3)10-11-9/h5-6H2,1-4H3. The molecule has 0 amide bonds. The topological polar surface area (TPSA) is 24.7 Å². The van der Waals surface area contributed by atoms with Gasteiger partial charge in [-0.1, -0.05) is 13.3 Å². The second kappa shape index (κ2) is 2.76. The van der Waals surface area contributed by atoms with Gasteiger partial charge >= 0.3 is 0 Å². The summed E-state index contributed by atoms with van der Waals surface area (Å²) < 4.78 is 0. The van der Waals surface area contributed by atoms with Crippen molar-refractivity contribution < 1.29 is 0 Å². The van der Waals surface area contributed by atoms with Gasteiger partial charge < -0.3 is 0 Å². The predicted molar refractivity (Wildman–Crippen MR) is 46.5 cm³/mol. The zero-order chi connectivity index (χ0) is 8.48. The van der Waals surface area contributed by atoms with E-state index in [2.05, 4.69) is 31.0 Å². The van der Waals surface area contributed by atoms with Gasteiger partial charge in [0, 0.05) is 0 Å². The molecule has 0 bridgehead atoms. The Hall–Kier alpha value is -0.660. The normalized spacial score (nSPS) is 30.2. The van der Waals surface area contributed by atoms with E-state index in [-0.39, 0.29) is 5.54 Å². The molecule has 0 N–H and O–H groups in total. The summed E-state index contributed by atoms with van der Waals surface area (Å²) in [5.41, 5.74) is 2.44. The first kappa shape index (κ1) is 8.44. The fourth-order valence-electron chi connectivity index (χ4n) is 1.45. The van der Waals surface area contributed by atoms with Gasteiger partial charge in [0.25, 0.3) is 0 Å². The van der Waals surface area contributed by atoms with Crippen molar-refractivity contribution >= 4 is 0 Å². The molecular weight excluding hydrogens is 136 g/mol. The zero-order valence-corrected chi connectivity index (χ0v) is 7.81. The highest BCUT2D eigenvalue weighted by Gasteiger charge is 2.30. The summed E-state index contributed by atoms with van der Waals surface area (Å²) in [6, 6.07) is 0. The van der Waals surface area contributed by atoms with Gasteiger partial charge in [0.15, 0.2) is 0 Å². The maximum Gasteiger partial charge on any atom is 0.102 e. The molecule has 1 aliphatic rings. The molecular formula is C9H16N2. The van der Waals surface area contributed by atoms with Gasteiger partial charge in [0.05, 0.1) is 5.70 Å². The number of hydrogen-bond donors (Lipinski definition) is 0. The first-order valence-corrected chi connectivity index (χ1v) is 4.21. The van der Waals surface area contributed by atoms with Crippen LogP contribution in [-0.2, 0) is 0 Å². The van der Waals surface area contributed by atoms with Crippen molar-refractivity contribution in [2.45, 2.75) is 46.1 Å². The fourth-order valence-corrected chi connectivity index (χ4v) is 1.45. The molecule has 0 saturated carbocycles. The number of hydrogen-bond acceptors (Lipinski definition) is 2. The smallest absolute Gasteiger partial charge is 0.102 e. The Labute approximate surface area is 68.4 Å². The summed E-state index contributed by atoms with van der Waals surface area (Å²) in [6.45, 7) is 8.50. The third-order valence-electron chi connectivity index (χ3n) is 2.51. The van der Waals surface area contributed by atoms with Crippen LogP contribution in [0.4, 0.5) is 0 Å². The van der Waals surface area contributed by atoms with Crippen LogP contribution >= 0.6 is 0 Å². The van der Waals surface area contributed by atoms with E-state index in [0.717, 1.165) is 12.1 Å². The molecule has 0 aliphatic carbocycles. The zero-order valence-electron chi connectivity index (χ0n) is 7.81. The van der Waals surface area contributed by atoms with Gasteiger partial charge in [-0.05, 0) is 32.8 Å². The van der Waals surface area contributed by atoms with Crippen molar-refractivity contribution in [3.05, 3.63) is 11.3 Å². The van der Waals surface area contributed by atoms with Crippen LogP contribution in [0.25, 0.3) is 0 Å². The van der Waals surface area contributed by atoms with Gasteiger partial charge in [-0.2, -0.15) is 10.2 Å². The van der Waals surface area contributed by atoms with E-state index in [1.165, 1.54) is 12.0 Å². The van der Waals surface area contributed by atoms with Crippen molar-refractivity contribution in [3.8, 4) is 0 Å². The SMILES string of the molecule is CCCC1(C)N=NC(C)=C1C. The molecule has 1 aliphatic heterocycles. The van der Waals surface area contributed by atoms with E-state index in [1.54, 1.807) is 0 Å². The number of azo groups is 1. The molecule has 2 nitrogen and oxygen atoms in total. The van der Waals surface area contributed by atoms with Crippen LogP contribution in [0.2, 0.25) is 0 Å². The lowest BCUT2D eigenvalue weighted by atomic mass is 9.89. The van der Waals surface area contributed by atoms with Crippen LogP contribution in [0.5, 0.6) is 0 Å². The van der Waals surface area contributed by atoms with Crippen LogP contribution in [0.15, 0.2) is 21.5 Å². The molecule has 11 heavy (non-hydrogen) atoms. The molecule has 0 saturated heterocycles. The summed E-state index contributed by atoms with van der Waals surface area (Å²) in [6.07, 6.45) is 2.28. The van der Waals surface area contributed by atoms with Crippen molar-refractivity contribution in [3.63, 3.8) is 0 Å². The Morgan fingerprint density at radius 2 is 2.00 bits per heavy atom. The maximum absolute atomic E-state index is 4.27. The number of nitrogens with zero attached hydrogens (tertiary/aromatic N) is 2. The predicted octanol–water partition coefficient (Wildman–Crippen LogP) is 3.30. The average molecular weight is 152 g/mol. The Bertz CT molecular complexity index is 216. The third-order valence-corrected chi connectivity index (χ3v) is 2.51. The molecule has 0 aromatic rings. The molecule has 0 aromatic carbocycles. The largest absolute Gasteiger partial charge is 0.178 e. The van der Waals surface area contributed by atoms with Crippen molar-refractivity contribution in [1.82, 2.24) is 0 Å². The van der Waals surface area contributed by atoms with Crippen molar-refractivity contribution in [2.24, 2.45) is 10.2 Å². The monoisotopic (exact) mass is 152 g/mol. The highest BCUT2D eigenvalue weighted by Crippen LogP contribution is 2.34. The lowest BCUT2D eigenvalue weighted by molar-refractivity contribution is 0.496. The Balaban J connectivity index is 2.83. The molecule has 62 valence electrons. The summed E-state index contributed by atoms with van der Waals surface area (Å²) in [7, 11) is 0. The molecule has 0 aromatic heterocycles. The lowest BCUT2D eigenvalue weighted by Gasteiger charge is -2.19. The quantitative estimate of drug-likeness (QED) is 0.580. The third kappa shape index (κ3) is 1.35. The fraction of sp³-hybridized carbons (Fsp3) is 0.778. The van der Waals surface area contributed by atoms with Gasteiger partial charge in [-0.3, -0.25) is 0 Å². The van der Waals surface area contributed by atoms with E-state index in [1.807, 2.05) is 6.92 Å². The Morgan fingerprint density at radius 3 is 2.36 bits per heavy atom. The van der Waals surface area contributed by atoms with Crippen LogP contribution in [0.3, 0.4) is 0 Å². The van der Waals surface area contributed by atoms with Crippen LogP contribution in [0, 0.1) is 0 Å². The first-order valence-electron chi connectivity index (χ1n) is 4.21. The highest BCUT2D eigenvalue weighted by atomic mass is 15.2. The van der Waals surface area contributed by atoms with Crippen molar-refractivity contribution in [1.29, 1.82) is 0 Å². The van der Waals surface area contributed by atoms with E-state index in [0.29, 0.717) is 0 Å². The van der Waals surface area contributed by atoms with Crippen LogP contribution in [0.1, 0.15) is 40.5 Å². The summed E-state index contributed by atoms with van der Waals surface area (Å²) in [4.78, 5) is 0. The first-order chi connectivity index (χ1) is 5.10. The molecule has 1 unspecified atom stereocenters. The van der Waals surface area contributed by atoms with Gasteiger partial charge in [-0.25, -0.2) is 0 Å². The minimum atomic E-state index is 0.0127.